The van der Waals surface area contributed by atoms with Gasteiger partial charge in [0.05, 0.1) is 18.5 Å². The number of rotatable bonds is 4. The van der Waals surface area contributed by atoms with Crippen LogP contribution in [0.5, 0.6) is 0 Å². The average molecular weight is 506 g/mol. The molecule has 0 N–H and O–H groups in total. The van der Waals surface area contributed by atoms with Gasteiger partial charge in [0.25, 0.3) is 0 Å². The summed E-state index contributed by atoms with van der Waals surface area (Å²) in [4.78, 5) is 20.0. The molecule has 1 fully saturated rings. The Hall–Kier alpha value is -3.69. The molecule has 3 aromatic carbocycles. The third kappa shape index (κ3) is 3.42. The van der Waals surface area contributed by atoms with Crippen LogP contribution in [-0.2, 0) is 26.8 Å². The minimum atomic E-state index is -3.43. The van der Waals surface area contributed by atoms with Gasteiger partial charge in [0.1, 0.15) is 17.0 Å². The van der Waals surface area contributed by atoms with Gasteiger partial charge in [0.15, 0.2) is 0 Å². The van der Waals surface area contributed by atoms with E-state index in [4.69, 9.17) is 0 Å². The second-order valence-corrected chi connectivity index (χ2v) is 11.3. The van der Waals surface area contributed by atoms with Crippen molar-refractivity contribution >= 4 is 32.4 Å². The number of carbonyl (C=O) groups excluding carboxylic acids is 1. The molecule has 9 heteroatoms. The lowest BCUT2D eigenvalue weighted by Gasteiger charge is -2.45. The molecule has 0 unspecified atom stereocenters. The predicted octanol–water partition coefficient (Wildman–Crippen LogP) is 4.24. The Kier molecular flexibility index (Phi) is 5.00. The third-order valence-corrected chi connectivity index (χ3v) is 8.26. The van der Waals surface area contributed by atoms with E-state index in [2.05, 4.69) is 4.98 Å². The third-order valence-electron chi connectivity index (χ3n) is 7.06. The van der Waals surface area contributed by atoms with Crippen LogP contribution in [0, 0.1) is 11.6 Å². The maximum Gasteiger partial charge on any atom is 0.240 e. The number of amides is 1. The quantitative estimate of drug-likeness (QED) is 0.416. The average Bonchev–Trinajstić information content (AvgIpc) is 3.04. The zero-order valence-electron chi connectivity index (χ0n) is 19.3. The van der Waals surface area contributed by atoms with Crippen molar-refractivity contribution in [3.8, 4) is 11.1 Å². The molecule has 0 bridgehead atoms. The van der Waals surface area contributed by atoms with Crippen molar-refractivity contribution in [3.05, 3.63) is 95.8 Å². The van der Waals surface area contributed by atoms with Gasteiger partial charge >= 0.3 is 0 Å². The van der Waals surface area contributed by atoms with Crippen molar-refractivity contribution in [2.45, 2.75) is 12.0 Å². The Balaban J connectivity index is 1.48. The van der Waals surface area contributed by atoms with Crippen molar-refractivity contribution in [1.29, 1.82) is 0 Å². The smallest absolute Gasteiger partial charge is 0.240 e. The van der Waals surface area contributed by atoms with Crippen LogP contribution in [0.4, 0.5) is 14.5 Å². The second-order valence-electron chi connectivity index (χ2n) is 9.35. The normalized spacial score (nSPS) is 17.0. The summed E-state index contributed by atoms with van der Waals surface area (Å²) >= 11 is 0. The van der Waals surface area contributed by atoms with E-state index in [9.17, 15) is 22.0 Å². The summed E-state index contributed by atoms with van der Waals surface area (Å²) in [5, 5.41) is 1.56. The summed E-state index contributed by atoms with van der Waals surface area (Å²) in [7, 11) is -3.43. The van der Waals surface area contributed by atoms with E-state index in [0.717, 1.165) is 28.7 Å². The van der Waals surface area contributed by atoms with Crippen molar-refractivity contribution < 1.29 is 22.0 Å². The second kappa shape index (κ2) is 7.91. The number of fused-ring (bicyclic) bond motifs is 3. The molecule has 0 radical (unpaired) electrons. The number of para-hydroxylation sites is 1. The molecular weight excluding hydrogens is 484 g/mol. The highest BCUT2D eigenvalue weighted by atomic mass is 32.2. The lowest BCUT2D eigenvalue weighted by Crippen LogP contribution is -2.64. The van der Waals surface area contributed by atoms with E-state index in [-0.39, 0.29) is 25.5 Å². The van der Waals surface area contributed by atoms with Gasteiger partial charge in [0.2, 0.25) is 15.9 Å². The fourth-order valence-electron chi connectivity index (χ4n) is 5.34. The number of nitrogens with zero attached hydrogens (tertiary/aromatic N) is 3. The first-order chi connectivity index (χ1) is 17.2. The number of sulfonamides is 1. The zero-order valence-corrected chi connectivity index (χ0v) is 20.1. The Morgan fingerprint density at radius 2 is 1.64 bits per heavy atom. The number of carbonyl (C=O) groups is 1. The van der Waals surface area contributed by atoms with Crippen LogP contribution in [0.2, 0.25) is 0 Å². The number of halogens is 2. The standard InChI is InChI=1S/C27H21F2N3O3S/c1-36(34,35)31-15-27(16-31)22-8-4-5-9-24(22)32(26(27)33)14-23-25(18-10-19(28)12-20(29)11-18)21-7-3-2-6-17(21)13-30-23/h2-13H,14-16H2,1H3. The molecule has 6 nitrogen and oxygen atoms in total. The van der Waals surface area contributed by atoms with Crippen LogP contribution in [0.25, 0.3) is 21.9 Å². The highest BCUT2D eigenvalue weighted by molar-refractivity contribution is 7.88. The van der Waals surface area contributed by atoms with Gasteiger partial charge in [-0.3, -0.25) is 9.78 Å². The Morgan fingerprint density at radius 1 is 0.972 bits per heavy atom. The van der Waals surface area contributed by atoms with E-state index in [1.807, 2.05) is 48.5 Å². The lowest BCUT2D eigenvalue weighted by atomic mass is 9.76. The number of hydrogen-bond donors (Lipinski definition) is 0. The fourth-order valence-corrected chi connectivity index (χ4v) is 6.25. The van der Waals surface area contributed by atoms with E-state index in [0.29, 0.717) is 22.5 Å². The molecule has 0 saturated carbocycles. The minimum absolute atomic E-state index is 0.0643. The van der Waals surface area contributed by atoms with E-state index in [1.54, 1.807) is 11.1 Å². The molecule has 1 spiro atoms. The van der Waals surface area contributed by atoms with Gasteiger partial charge < -0.3 is 4.90 Å². The molecular formula is C27H21F2N3O3S. The van der Waals surface area contributed by atoms with Crippen LogP contribution < -0.4 is 4.90 Å². The Bertz CT molecular complexity index is 1650. The summed E-state index contributed by atoms with van der Waals surface area (Å²) in [6.07, 6.45) is 2.81. The number of anilines is 1. The molecule has 36 heavy (non-hydrogen) atoms. The minimum Gasteiger partial charge on any atom is -0.305 e. The maximum atomic E-state index is 14.2. The van der Waals surface area contributed by atoms with Gasteiger partial charge in [-0.1, -0.05) is 42.5 Å². The van der Waals surface area contributed by atoms with Crippen molar-refractivity contribution in [2.24, 2.45) is 0 Å². The molecule has 6 rings (SSSR count). The SMILES string of the molecule is CS(=O)(=O)N1CC2(C1)C(=O)N(Cc1ncc3ccccc3c1-c1cc(F)cc(F)c1)c1ccccc12. The molecule has 182 valence electrons. The number of pyridine rings is 1. The molecule has 3 heterocycles. The summed E-state index contributed by atoms with van der Waals surface area (Å²) in [5.74, 6) is -1.63. The molecule has 2 aliphatic rings. The Morgan fingerprint density at radius 3 is 2.36 bits per heavy atom. The van der Waals surface area contributed by atoms with Crippen LogP contribution in [0.1, 0.15) is 11.3 Å². The molecule has 2 aliphatic heterocycles. The van der Waals surface area contributed by atoms with Gasteiger partial charge in [-0.2, -0.15) is 4.31 Å². The topological polar surface area (TPSA) is 70.6 Å². The van der Waals surface area contributed by atoms with Crippen molar-refractivity contribution in [3.63, 3.8) is 0 Å². The van der Waals surface area contributed by atoms with Crippen LogP contribution >= 0.6 is 0 Å². The molecule has 1 saturated heterocycles. The highest BCUT2D eigenvalue weighted by Crippen LogP contribution is 2.49. The van der Waals surface area contributed by atoms with E-state index in [1.165, 1.54) is 16.4 Å². The fraction of sp³-hybridized carbons (Fsp3) is 0.185. The van der Waals surface area contributed by atoms with Crippen LogP contribution in [-0.4, -0.2) is 43.0 Å². The monoisotopic (exact) mass is 505 g/mol. The maximum absolute atomic E-state index is 14.2. The number of hydrogen-bond acceptors (Lipinski definition) is 4. The van der Waals surface area contributed by atoms with E-state index >= 15 is 0 Å². The number of aromatic nitrogens is 1. The summed E-state index contributed by atoms with van der Waals surface area (Å²) in [6, 6.07) is 18.1. The van der Waals surface area contributed by atoms with E-state index < -0.39 is 27.1 Å². The molecule has 1 amide bonds. The largest absolute Gasteiger partial charge is 0.305 e. The van der Waals surface area contributed by atoms with Crippen molar-refractivity contribution in [1.82, 2.24) is 9.29 Å². The summed E-state index contributed by atoms with van der Waals surface area (Å²) in [6.45, 7) is 0.214. The van der Waals surface area contributed by atoms with Crippen LogP contribution in [0.15, 0.2) is 72.9 Å². The molecule has 1 aromatic heterocycles. The predicted molar refractivity (Wildman–Crippen MR) is 133 cm³/mol. The van der Waals surface area contributed by atoms with Gasteiger partial charge in [0, 0.05) is 42.0 Å². The first kappa shape index (κ1) is 22.8. The lowest BCUT2D eigenvalue weighted by molar-refractivity contribution is -0.127. The zero-order chi connectivity index (χ0) is 25.2. The van der Waals surface area contributed by atoms with Gasteiger partial charge in [-0.25, -0.2) is 17.2 Å². The number of benzene rings is 3. The highest BCUT2D eigenvalue weighted by Gasteiger charge is 2.60. The van der Waals surface area contributed by atoms with Gasteiger partial charge in [-0.15, -0.1) is 0 Å². The van der Waals surface area contributed by atoms with Crippen LogP contribution in [0.3, 0.4) is 0 Å². The summed E-state index contributed by atoms with van der Waals surface area (Å²) in [5.41, 5.74) is 1.86. The molecule has 4 aromatic rings. The van der Waals surface area contributed by atoms with Crippen molar-refractivity contribution in [2.75, 3.05) is 24.2 Å². The first-order valence-electron chi connectivity index (χ1n) is 11.4. The van der Waals surface area contributed by atoms with Gasteiger partial charge in [-0.05, 0) is 34.7 Å². The first-order valence-corrected chi connectivity index (χ1v) is 13.2. The summed E-state index contributed by atoms with van der Waals surface area (Å²) < 4.78 is 53.8. The molecule has 0 aliphatic carbocycles. The Labute approximate surface area is 206 Å². The molecule has 0 atom stereocenters.